The molecule has 0 aliphatic heterocycles. The first-order valence-corrected chi connectivity index (χ1v) is 10.1. The number of rotatable bonds is 15. The second-order valence-corrected chi connectivity index (χ2v) is 7.06. The van der Waals surface area contributed by atoms with E-state index in [1.165, 1.54) is 64.2 Å². The number of nitrogen functional groups attached to an aromatic ring is 1. The number of hydrogen-bond acceptors (Lipinski definition) is 2. The van der Waals surface area contributed by atoms with Gasteiger partial charge in [0.2, 0.25) is 0 Å². The van der Waals surface area contributed by atoms with E-state index in [1.807, 2.05) is 12.1 Å². The molecule has 1 unspecified atom stereocenters. The van der Waals surface area contributed by atoms with Crippen molar-refractivity contribution < 1.29 is 14.5 Å². The van der Waals surface area contributed by atoms with E-state index in [0.717, 1.165) is 12.8 Å². The van der Waals surface area contributed by atoms with Crippen molar-refractivity contribution in [2.24, 2.45) is 0 Å². The minimum absolute atomic E-state index is 0.508. The van der Waals surface area contributed by atoms with Gasteiger partial charge < -0.3 is 5.11 Å². The van der Waals surface area contributed by atoms with Gasteiger partial charge in [0.1, 0.15) is 0 Å². The van der Waals surface area contributed by atoms with E-state index >= 15 is 0 Å². The Labute approximate surface area is 153 Å². The molecule has 25 heavy (non-hydrogen) atoms. The van der Waals surface area contributed by atoms with E-state index < -0.39 is 12.0 Å². The molecule has 0 spiro atoms. The molecule has 0 radical (unpaired) electrons. The molecule has 0 bridgehead atoms. The zero-order chi connectivity index (χ0) is 18.3. The molecule has 3 N–H and O–H groups in total. The summed E-state index contributed by atoms with van der Waals surface area (Å²) in [5.74, 6) is -0.292. The van der Waals surface area contributed by atoms with Gasteiger partial charge >= 0.3 is 5.97 Å². The van der Waals surface area contributed by atoms with Crippen LogP contribution >= 0.6 is 0 Å². The Morgan fingerprint density at radius 3 is 1.96 bits per heavy atom. The first-order valence-electron chi connectivity index (χ1n) is 10.1. The molecule has 0 aromatic carbocycles. The molecule has 0 amide bonds. The first-order chi connectivity index (χ1) is 12.2. The van der Waals surface area contributed by atoms with Crippen LogP contribution in [0.4, 0.5) is 5.82 Å². The van der Waals surface area contributed by atoms with Crippen molar-refractivity contribution in [1.82, 2.24) is 0 Å². The maximum absolute atomic E-state index is 11.5. The molecule has 0 aliphatic carbocycles. The molecule has 1 heterocycles. The van der Waals surface area contributed by atoms with E-state index in [2.05, 4.69) is 6.92 Å². The molecule has 4 heteroatoms. The van der Waals surface area contributed by atoms with Gasteiger partial charge in [-0.2, -0.15) is 0 Å². The molecule has 4 nitrogen and oxygen atoms in total. The van der Waals surface area contributed by atoms with Crippen LogP contribution in [-0.2, 0) is 4.79 Å². The maximum atomic E-state index is 11.5. The standard InChI is InChI=1S/C21H36N2O2/c1-2-3-4-5-6-7-8-9-10-11-12-13-16-19(21(24)25)23-18-15-14-17-20(23)22/h14-15,17-19,22H,2-13,16H2,1H3,(H,24,25)/p+1. The van der Waals surface area contributed by atoms with E-state index in [4.69, 9.17) is 5.73 Å². The zero-order valence-electron chi connectivity index (χ0n) is 16.0. The van der Waals surface area contributed by atoms with Gasteiger partial charge in [-0.3, -0.25) is 5.73 Å². The van der Waals surface area contributed by atoms with Crippen LogP contribution in [0.2, 0.25) is 0 Å². The molecule has 1 atom stereocenters. The number of carboxylic acids is 1. The average Bonchev–Trinajstić information content (AvgIpc) is 2.60. The summed E-state index contributed by atoms with van der Waals surface area (Å²) in [4.78, 5) is 11.5. The fourth-order valence-electron chi connectivity index (χ4n) is 3.31. The van der Waals surface area contributed by atoms with Gasteiger partial charge in [0.25, 0.3) is 5.82 Å². The molecule has 0 saturated carbocycles. The van der Waals surface area contributed by atoms with Crippen molar-refractivity contribution >= 4 is 11.8 Å². The molecule has 0 saturated heterocycles. The predicted octanol–water partition coefficient (Wildman–Crippen LogP) is 5.27. The normalized spacial score (nSPS) is 12.2. The van der Waals surface area contributed by atoms with Crippen LogP contribution in [0.5, 0.6) is 0 Å². The van der Waals surface area contributed by atoms with Crippen molar-refractivity contribution in [1.29, 1.82) is 0 Å². The Kier molecular flexibility index (Phi) is 11.7. The number of anilines is 1. The van der Waals surface area contributed by atoms with Crippen LogP contribution in [0.15, 0.2) is 24.4 Å². The number of hydrogen-bond donors (Lipinski definition) is 2. The third-order valence-corrected chi connectivity index (χ3v) is 4.87. The van der Waals surface area contributed by atoms with Gasteiger partial charge in [0, 0.05) is 6.07 Å². The molecule has 0 fully saturated rings. The lowest BCUT2D eigenvalue weighted by atomic mass is 10.0. The second kappa shape index (κ2) is 13.7. The van der Waals surface area contributed by atoms with Crippen molar-refractivity contribution in [2.75, 3.05) is 5.73 Å². The quantitative estimate of drug-likeness (QED) is 0.335. The Balaban J connectivity index is 2.08. The third-order valence-electron chi connectivity index (χ3n) is 4.87. The molecule has 1 aromatic heterocycles. The highest BCUT2D eigenvalue weighted by Gasteiger charge is 2.24. The summed E-state index contributed by atoms with van der Waals surface area (Å²) in [6, 6.07) is 4.85. The second-order valence-electron chi connectivity index (χ2n) is 7.06. The number of unbranched alkanes of at least 4 members (excludes halogenated alkanes) is 11. The number of aromatic nitrogens is 1. The number of carboxylic acid groups (broad SMARTS) is 1. The van der Waals surface area contributed by atoms with Gasteiger partial charge in [-0.25, -0.2) is 9.36 Å². The van der Waals surface area contributed by atoms with E-state index in [0.29, 0.717) is 12.2 Å². The SMILES string of the molecule is CCCCCCCCCCCCCCC(C(=O)O)[n+]1ccccc1N. The summed E-state index contributed by atoms with van der Waals surface area (Å²) in [7, 11) is 0. The van der Waals surface area contributed by atoms with Gasteiger partial charge in [-0.05, 0) is 18.9 Å². The first kappa shape index (κ1) is 21.5. The fraction of sp³-hybridized carbons (Fsp3) is 0.714. The zero-order valence-corrected chi connectivity index (χ0v) is 16.0. The molecule has 1 rings (SSSR count). The summed E-state index contributed by atoms with van der Waals surface area (Å²) >= 11 is 0. The summed E-state index contributed by atoms with van der Waals surface area (Å²) in [6.07, 6.45) is 17.8. The highest BCUT2D eigenvalue weighted by atomic mass is 16.4. The van der Waals surface area contributed by atoms with E-state index in [9.17, 15) is 9.90 Å². The Morgan fingerprint density at radius 1 is 0.960 bits per heavy atom. The maximum Gasteiger partial charge on any atom is 0.349 e. The van der Waals surface area contributed by atoms with Gasteiger partial charge in [0.05, 0.1) is 6.20 Å². The summed E-state index contributed by atoms with van der Waals surface area (Å²) in [6.45, 7) is 2.26. The predicted molar refractivity (Wildman–Crippen MR) is 103 cm³/mol. The fourth-order valence-corrected chi connectivity index (χ4v) is 3.31. The summed E-state index contributed by atoms with van der Waals surface area (Å²) in [5.41, 5.74) is 5.90. The molecular formula is C21H37N2O2+. The average molecular weight is 350 g/mol. The molecule has 0 aliphatic rings. The van der Waals surface area contributed by atoms with Gasteiger partial charge in [0.15, 0.2) is 6.04 Å². The van der Waals surface area contributed by atoms with Crippen molar-refractivity contribution in [3.05, 3.63) is 24.4 Å². The number of nitrogens with two attached hydrogens (primary N) is 1. The Morgan fingerprint density at radius 2 is 1.48 bits per heavy atom. The summed E-state index contributed by atoms with van der Waals surface area (Å²) in [5, 5.41) is 9.45. The van der Waals surface area contributed by atoms with Crippen LogP contribution in [0, 0.1) is 0 Å². The number of pyridine rings is 1. The Hall–Kier alpha value is -1.58. The van der Waals surface area contributed by atoms with E-state index in [-0.39, 0.29) is 0 Å². The van der Waals surface area contributed by atoms with Gasteiger partial charge in [-0.15, -0.1) is 0 Å². The van der Waals surface area contributed by atoms with Crippen LogP contribution in [0.3, 0.4) is 0 Å². The van der Waals surface area contributed by atoms with Crippen molar-refractivity contribution in [3.63, 3.8) is 0 Å². The highest BCUT2D eigenvalue weighted by molar-refractivity contribution is 5.70. The molecular weight excluding hydrogens is 312 g/mol. The lowest BCUT2D eigenvalue weighted by Gasteiger charge is -2.12. The monoisotopic (exact) mass is 349 g/mol. The van der Waals surface area contributed by atoms with Crippen LogP contribution < -0.4 is 10.3 Å². The topological polar surface area (TPSA) is 67.2 Å². The van der Waals surface area contributed by atoms with Crippen molar-refractivity contribution in [2.45, 2.75) is 96.4 Å². The lowest BCUT2D eigenvalue weighted by molar-refractivity contribution is -0.697. The highest BCUT2D eigenvalue weighted by Crippen LogP contribution is 2.15. The molecule has 1 aromatic rings. The largest absolute Gasteiger partial charge is 0.478 e. The van der Waals surface area contributed by atoms with Gasteiger partial charge in [-0.1, -0.05) is 83.6 Å². The van der Waals surface area contributed by atoms with E-state index in [1.54, 1.807) is 16.8 Å². The molecule has 142 valence electrons. The number of aliphatic carboxylic acids is 1. The summed E-state index contributed by atoms with van der Waals surface area (Å²) < 4.78 is 1.67. The third kappa shape index (κ3) is 9.47. The van der Waals surface area contributed by atoms with Crippen molar-refractivity contribution in [3.8, 4) is 0 Å². The van der Waals surface area contributed by atoms with Crippen LogP contribution in [0.1, 0.15) is 96.4 Å². The Bertz CT molecular complexity index is 477. The number of nitrogens with zero attached hydrogens (tertiary/aromatic N) is 1. The van der Waals surface area contributed by atoms with Crippen LogP contribution in [0.25, 0.3) is 0 Å². The lowest BCUT2D eigenvalue weighted by Crippen LogP contribution is -2.45. The minimum atomic E-state index is -0.800. The minimum Gasteiger partial charge on any atom is -0.478 e. The number of carbonyl (C=O) groups is 1. The smallest absolute Gasteiger partial charge is 0.349 e. The van der Waals surface area contributed by atoms with Crippen LogP contribution in [-0.4, -0.2) is 11.1 Å².